The molecule has 2 N–H and O–H groups in total. The number of carbonyl (C=O) groups excluding carboxylic acids is 1. The topological polar surface area (TPSA) is 84.3 Å². The highest BCUT2D eigenvalue weighted by Gasteiger charge is 2.19. The van der Waals surface area contributed by atoms with Crippen LogP contribution in [0.3, 0.4) is 0 Å². The zero-order chi connectivity index (χ0) is 24.9. The maximum absolute atomic E-state index is 12.6. The van der Waals surface area contributed by atoms with Crippen molar-refractivity contribution in [2.24, 2.45) is 5.92 Å². The number of anilines is 1. The molecule has 0 saturated heterocycles. The number of fused-ring (bicyclic) bond motifs is 1. The number of amides is 1. The molecule has 0 fully saturated rings. The molecule has 2 aromatic carbocycles. The molecule has 0 aliphatic carbocycles. The fourth-order valence-corrected chi connectivity index (χ4v) is 5.19. The van der Waals surface area contributed by atoms with Gasteiger partial charge in [0.25, 0.3) is 0 Å². The highest BCUT2D eigenvalue weighted by molar-refractivity contribution is 7.99. The fourth-order valence-electron chi connectivity index (χ4n) is 4.05. The highest BCUT2D eigenvalue weighted by atomic mass is 32.2. The number of ether oxygens (including phenoxy) is 1. The largest absolute Gasteiger partial charge is 0.496 e. The van der Waals surface area contributed by atoms with Gasteiger partial charge in [-0.3, -0.25) is 9.89 Å². The standard InChI is InChI=1S/C27H33N5O2S/c1-6-8-9-19(7-2)27(33)28-21-13-11-20(12-14-21)25-29-26-24(18(4)30-32(26)31-25)35-23-16-17(3)10-15-22(23)34-5/h10-16,19,30H,6-9H2,1-5H3,(H,28,33). The third-order valence-electron chi connectivity index (χ3n) is 6.14. The van der Waals surface area contributed by atoms with E-state index in [1.54, 1.807) is 23.5 Å². The first kappa shape index (κ1) is 24.9. The van der Waals surface area contributed by atoms with Crippen molar-refractivity contribution in [3.05, 3.63) is 53.7 Å². The molecule has 35 heavy (non-hydrogen) atoms. The van der Waals surface area contributed by atoms with E-state index in [9.17, 15) is 4.79 Å². The third kappa shape index (κ3) is 5.53. The van der Waals surface area contributed by atoms with Crippen molar-refractivity contribution in [1.82, 2.24) is 19.8 Å². The lowest BCUT2D eigenvalue weighted by atomic mass is 9.98. The number of aromatic nitrogens is 4. The molecule has 1 amide bonds. The first-order chi connectivity index (χ1) is 16.9. The lowest BCUT2D eigenvalue weighted by Gasteiger charge is -2.14. The van der Waals surface area contributed by atoms with Gasteiger partial charge in [0.2, 0.25) is 5.91 Å². The number of carbonyl (C=O) groups is 1. The van der Waals surface area contributed by atoms with Gasteiger partial charge in [0.05, 0.1) is 16.9 Å². The maximum atomic E-state index is 12.6. The molecule has 4 aromatic rings. The van der Waals surface area contributed by atoms with Crippen LogP contribution in [0.15, 0.2) is 52.3 Å². The number of methoxy groups -OCH3 is 1. The molecule has 1 unspecified atom stereocenters. The number of nitrogens with zero attached hydrogens (tertiary/aromatic N) is 3. The van der Waals surface area contributed by atoms with Gasteiger partial charge in [-0.05, 0) is 68.7 Å². The fraction of sp³-hybridized carbons (Fsp3) is 0.370. The highest BCUT2D eigenvalue weighted by Crippen LogP contribution is 2.39. The molecule has 0 aliphatic rings. The van der Waals surface area contributed by atoms with E-state index in [1.165, 1.54) is 5.56 Å². The summed E-state index contributed by atoms with van der Waals surface area (Å²) >= 11 is 1.62. The van der Waals surface area contributed by atoms with Crippen LogP contribution in [0, 0.1) is 19.8 Å². The molecule has 8 heteroatoms. The first-order valence-electron chi connectivity index (χ1n) is 12.1. The van der Waals surface area contributed by atoms with E-state index >= 15 is 0 Å². The van der Waals surface area contributed by atoms with Crippen LogP contribution in [0.5, 0.6) is 5.75 Å². The average molecular weight is 492 g/mol. The Morgan fingerprint density at radius 3 is 2.63 bits per heavy atom. The minimum absolute atomic E-state index is 0.0523. The molecule has 0 bridgehead atoms. The molecule has 1 atom stereocenters. The number of nitrogens with one attached hydrogen (secondary N) is 2. The summed E-state index contributed by atoms with van der Waals surface area (Å²) in [6.07, 6.45) is 3.95. The third-order valence-corrected chi connectivity index (χ3v) is 7.37. The Kier molecular flexibility index (Phi) is 7.80. The van der Waals surface area contributed by atoms with Crippen molar-refractivity contribution < 1.29 is 9.53 Å². The SMILES string of the molecule is CCCCC(CC)C(=O)Nc1ccc(-c2nc3c(Sc4cc(C)ccc4OC)c(C)[nH]n3n2)cc1. The van der Waals surface area contributed by atoms with E-state index < -0.39 is 0 Å². The summed E-state index contributed by atoms with van der Waals surface area (Å²) in [6.45, 7) is 8.30. The summed E-state index contributed by atoms with van der Waals surface area (Å²) in [7, 11) is 1.68. The Morgan fingerprint density at radius 1 is 1.17 bits per heavy atom. The van der Waals surface area contributed by atoms with Gasteiger partial charge in [0.1, 0.15) is 5.75 Å². The second-order valence-electron chi connectivity index (χ2n) is 8.81. The van der Waals surface area contributed by atoms with Gasteiger partial charge in [0.15, 0.2) is 11.5 Å². The van der Waals surface area contributed by atoms with Crippen LogP contribution >= 0.6 is 11.8 Å². The Balaban J connectivity index is 1.54. The molecule has 184 valence electrons. The molecular formula is C27H33N5O2S. The van der Waals surface area contributed by atoms with E-state index in [1.807, 2.05) is 43.3 Å². The number of H-pyrrole nitrogens is 1. The Morgan fingerprint density at radius 2 is 1.94 bits per heavy atom. The van der Waals surface area contributed by atoms with Crippen LogP contribution in [-0.4, -0.2) is 32.8 Å². The second kappa shape index (κ2) is 11.0. The number of benzene rings is 2. The minimum atomic E-state index is 0.0523. The van der Waals surface area contributed by atoms with Gasteiger partial charge in [-0.2, -0.15) is 4.63 Å². The smallest absolute Gasteiger partial charge is 0.227 e. The van der Waals surface area contributed by atoms with Gasteiger partial charge in [-0.25, -0.2) is 4.98 Å². The van der Waals surface area contributed by atoms with E-state index in [-0.39, 0.29) is 11.8 Å². The normalized spacial score (nSPS) is 12.1. The van der Waals surface area contributed by atoms with Crippen molar-refractivity contribution in [1.29, 1.82) is 0 Å². The molecule has 4 rings (SSSR count). The number of hydrogen-bond donors (Lipinski definition) is 2. The van der Waals surface area contributed by atoms with Crippen molar-refractivity contribution in [3.63, 3.8) is 0 Å². The van der Waals surface area contributed by atoms with Crippen molar-refractivity contribution in [3.8, 4) is 17.1 Å². The Bertz CT molecular complexity index is 1310. The van der Waals surface area contributed by atoms with E-state index in [0.717, 1.165) is 63.8 Å². The van der Waals surface area contributed by atoms with Gasteiger partial charge < -0.3 is 10.1 Å². The van der Waals surface area contributed by atoms with E-state index in [4.69, 9.17) is 9.72 Å². The van der Waals surface area contributed by atoms with Gasteiger partial charge >= 0.3 is 0 Å². The molecule has 0 saturated carbocycles. The van der Waals surface area contributed by atoms with Gasteiger partial charge in [-0.15, -0.1) is 5.10 Å². The van der Waals surface area contributed by atoms with Crippen molar-refractivity contribution in [2.45, 2.75) is 63.2 Å². The first-order valence-corrected chi connectivity index (χ1v) is 12.9. The van der Waals surface area contributed by atoms with Crippen molar-refractivity contribution in [2.75, 3.05) is 12.4 Å². The Labute approximate surface area is 210 Å². The second-order valence-corrected chi connectivity index (χ2v) is 9.86. The molecule has 2 heterocycles. The summed E-state index contributed by atoms with van der Waals surface area (Å²) in [5.41, 5.74) is 4.61. The van der Waals surface area contributed by atoms with Gasteiger partial charge in [0, 0.05) is 22.9 Å². The number of hydrogen-bond acceptors (Lipinski definition) is 5. The molecule has 0 spiro atoms. The van der Waals surface area contributed by atoms with Crippen LogP contribution in [-0.2, 0) is 4.79 Å². The molecule has 7 nitrogen and oxygen atoms in total. The zero-order valence-electron chi connectivity index (χ0n) is 21.0. The van der Waals surface area contributed by atoms with E-state index in [2.05, 4.69) is 42.4 Å². The maximum Gasteiger partial charge on any atom is 0.227 e. The molecular weight excluding hydrogens is 458 g/mol. The summed E-state index contributed by atoms with van der Waals surface area (Å²) < 4.78 is 7.26. The predicted molar refractivity (Wildman–Crippen MR) is 141 cm³/mol. The molecule has 0 aliphatic heterocycles. The lowest BCUT2D eigenvalue weighted by molar-refractivity contribution is -0.120. The molecule has 0 radical (unpaired) electrons. The number of aryl methyl sites for hydroxylation is 2. The Hall–Kier alpha value is -3.26. The summed E-state index contributed by atoms with van der Waals surface area (Å²) in [4.78, 5) is 19.5. The minimum Gasteiger partial charge on any atom is -0.496 e. The van der Waals surface area contributed by atoms with Gasteiger partial charge in [-0.1, -0.05) is 44.5 Å². The predicted octanol–water partition coefficient (Wildman–Crippen LogP) is 6.66. The monoisotopic (exact) mass is 491 g/mol. The lowest BCUT2D eigenvalue weighted by Crippen LogP contribution is -2.22. The van der Waals surface area contributed by atoms with Crippen LogP contribution < -0.4 is 10.1 Å². The van der Waals surface area contributed by atoms with Crippen LogP contribution in [0.4, 0.5) is 5.69 Å². The summed E-state index contributed by atoms with van der Waals surface area (Å²) in [6, 6.07) is 13.8. The number of aromatic amines is 1. The summed E-state index contributed by atoms with van der Waals surface area (Å²) in [5.74, 6) is 1.60. The summed E-state index contributed by atoms with van der Waals surface area (Å²) in [5, 5.41) is 11.0. The number of rotatable bonds is 10. The zero-order valence-corrected chi connectivity index (χ0v) is 21.8. The molecule has 2 aromatic heterocycles. The quantitative estimate of drug-likeness (QED) is 0.259. The average Bonchev–Trinajstić information content (AvgIpc) is 3.38. The van der Waals surface area contributed by atoms with Crippen LogP contribution in [0.2, 0.25) is 0 Å². The van der Waals surface area contributed by atoms with Crippen LogP contribution in [0.25, 0.3) is 17.0 Å². The number of unbranched alkanes of at least 4 members (excludes halogenated alkanes) is 1. The van der Waals surface area contributed by atoms with E-state index in [0.29, 0.717) is 5.82 Å². The van der Waals surface area contributed by atoms with Crippen molar-refractivity contribution >= 4 is 29.0 Å². The van der Waals surface area contributed by atoms with Crippen LogP contribution in [0.1, 0.15) is 50.8 Å².